The Hall–Kier alpha value is -1.06. The van der Waals surface area contributed by atoms with Gasteiger partial charge in [-0.25, -0.2) is 0 Å². The molecule has 3 nitrogen and oxygen atoms in total. The van der Waals surface area contributed by atoms with Gasteiger partial charge in [-0.3, -0.25) is 0 Å². The van der Waals surface area contributed by atoms with Crippen LogP contribution in [0.3, 0.4) is 0 Å². The number of piperidine rings is 1. The molecule has 2 saturated heterocycles. The minimum Gasteiger partial charge on any atom is -0.381 e. The Bertz CT molecular complexity index is 531. The zero-order valence-electron chi connectivity index (χ0n) is 14.6. The monoisotopic (exact) mass is 314 g/mol. The number of fused-ring (bicyclic) bond motifs is 1. The van der Waals surface area contributed by atoms with Gasteiger partial charge in [-0.1, -0.05) is 19.1 Å². The molecule has 2 aliphatic heterocycles. The molecule has 3 heteroatoms. The quantitative estimate of drug-likeness (QED) is 0.802. The molecule has 1 aromatic rings. The summed E-state index contributed by atoms with van der Waals surface area (Å²) in [5.41, 5.74) is 3.33. The van der Waals surface area contributed by atoms with E-state index in [1.54, 1.807) is 5.56 Å². The van der Waals surface area contributed by atoms with Crippen LogP contribution in [0.15, 0.2) is 24.3 Å². The summed E-state index contributed by atoms with van der Waals surface area (Å²) in [5, 5.41) is 0. The third-order valence-corrected chi connectivity index (χ3v) is 6.46. The summed E-state index contributed by atoms with van der Waals surface area (Å²) in [5.74, 6) is 1.52. The van der Waals surface area contributed by atoms with Crippen molar-refractivity contribution in [2.24, 2.45) is 11.8 Å². The molecule has 0 amide bonds. The molecule has 0 N–H and O–H groups in total. The van der Waals surface area contributed by atoms with Crippen LogP contribution in [-0.4, -0.2) is 50.8 Å². The van der Waals surface area contributed by atoms with Gasteiger partial charge in [0.2, 0.25) is 0 Å². The topological polar surface area (TPSA) is 15.7 Å². The highest BCUT2D eigenvalue weighted by molar-refractivity contribution is 5.51. The van der Waals surface area contributed by atoms with Crippen LogP contribution in [0.25, 0.3) is 0 Å². The van der Waals surface area contributed by atoms with E-state index in [-0.39, 0.29) is 0 Å². The third kappa shape index (κ3) is 2.49. The van der Waals surface area contributed by atoms with Crippen LogP contribution in [0, 0.1) is 11.8 Å². The minimum atomic E-state index is 0.370. The molecular weight excluding hydrogens is 284 g/mol. The van der Waals surface area contributed by atoms with Crippen LogP contribution in [0.2, 0.25) is 0 Å². The van der Waals surface area contributed by atoms with E-state index in [1.165, 1.54) is 51.3 Å². The van der Waals surface area contributed by atoms with E-state index < -0.39 is 0 Å². The summed E-state index contributed by atoms with van der Waals surface area (Å²) in [6, 6.07) is 9.53. The van der Waals surface area contributed by atoms with Gasteiger partial charge in [0.1, 0.15) is 0 Å². The van der Waals surface area contributed by atoms with E-state index in [0.29, 0.717) is 5.41 Å². The highest BCUT2D eigenvalue weighted by Gasteiger charge is 2.68. The molecule has 0 aromatic heterocycles. The zero-order valence-corrected chi connectivity index (χ0v) is 14.6. The smallest absolute Gasteiger partial charge is 0.0506 e. The Kier molecular flexibility index (Phi) is 4.10. The van der Waals surface area contributed by atoms with E-state index in [4.69, 9.17) is 4.74 Å². The Morgan fingerprint density at radius 1 is 1.13 bits per heavy atom. The van der Waals surface area contributed by atoms with Crippen molar-refractivity contribution >= 4 is 5.69 Å². The second kappa shape index (κ2) is 6.10. The predicted molar refractivity (Wildman–Crippen MR) is 95.2 cm³/mol. The molecule has 0 radical (unpaired) electrons. The molecule has 23 heavy (non-hydrogen) atoms. The number of likely N-dealkylation sites (tertiary alicyclic amines) is 1. The highest BCUT2D eigenvalue weighted by atomic mass is 16.5. The lowest BCUT2D eigenvalue weighted by Crippen LogP contribution is -2.30. The number of rotatable bonds is 6. The number of anilines is 1. The van der Waals surface area contributed by atoms with Crippen molar-refractivity contribution in [1.29, 1.82) is 0 Å². The Balaban J connectivity index is 1.54. The van der Waals surface area contributed by atoms with Gasteiger partial charge in [0, 0.05) is 43.9 Å². The number of likely N-dealkylation sites (N-methyl/N-ethyl adjacent to an activating group) is 1. The molecule has 3 fully saturated rings. The maximum atomic E-state index is 5.79. The number of benzene rings is 1. The van der Waals surface area contributed by atoms with E-state index in [0.717, 1.165) is 25.0 Å². The van der Waals surface area contributed by atoms with Gasteiger partial charge in [0.15, 0.2) is 0 Å². The van der Waals surface area contributed by atoms with Gasteiger partial charge in [0.05, 0.1) is 6.61 Å². The van der Waals surface area contributed by atoms with Crippen molar-refractivity contribution in [2.45, 2.75) is 32.1 Å². The first kappa shape index (κ1) is 15.5. The molecule has 1 aromatic carbocycles. The fraction of sp³-hybridized carbons (Fsp3) is 0.700. The van der Waals surface area contributed by atoms with E-state index in [1.807, 2.05) is 0 Å². The second-order valence-corrected chi connectivity index (χ2v) is 7.48. The van der Waals surface area contributed by atoms with Gasteiger partial charge < -0.3 is 14.5 Å². The molecule has 1 aliphatic carbocycles. The lowest BCUT2D eigenvalue weighted by molar-refractivity contribution is 0.118. The van der Waals surface area contributed by atoms with Crippen molar-refractivity contribution in [3.63, 3.8) is 0 Å². The van der Waals surface area contributed by atoms with E-state index >= 15 is 0 Å². The molecule has 3 unspecified atom stereocenters. The Labute approximate surface area is 140 Å². The summed E-state index contributed by atoms with van der Waals surface area (Å²) >= 11 is 0. The minimum absolute atomic E-state index is 0.370. The van der Waals surface area contributed by atoms with Crippen LogP contribution < -0.4 is 4.90 Å². The second-order valence-electron chi connectivity index (χ2n) is 7.48. The summed E-state index contributed by atoms with van der Waals surface area (Å²) < 4.78 is 5.79. The summed E-state index contributed by atoms with van der Waals surface area (Å²) in [6.07, 6.45) is 2.69. The molecule has 0 spiro atoms. The number of ether oxygens (including phenoxy) is 1. The normalized spacial score (nSPS) is 33.2. The van der Waals surface area contributed by atoms with Gasteiger partial charge in [-0.05, 0) is 55.8 Å². The first-order valence-corrected chi connectivity index (χ1v) is 9.45. The lowest BCUT2D eigenvalue weighted by Gasteiger charge is -2.24. The lowest BCUT2D eigenvalue weighted by atomic mass is 9.92. The summed E-state index contributed by atoms with van der Waals surface area (Å²) in [6.45, 7) is 12.3. The SMILES string of the molecule is CCOCC1C2CN(CC)CC12c1ccc(N2CCCC2)cc1. The van der Waals surface area contributed by atoms with Crippen LogP contribution in [0.5, 0.6) is 0 Å². The average molecular weight is 314 g/mol. The van der Waals surface area contributed by atoms with Gasteiger partial charge >= 0.3 is 0 Å². The van der Waals surface area contributed by atoms with Crippen LogP contribution >= 0.6 is 0 Å². The number of hydrogen-bond acceptors (Lipinski definition) is 3. The summed E-state index contributed by atoms with van der Waals surface area (Å²) in [4.78, 5) is 5.14. The molecule has 2 heterocycles. The van der Waals surface area contributed by atoms with E-state index in [9.17, 15) is 0 Å². The zero-order chi connectivity index (χ0) is 15.9. The standard InChI is InChI=1S/C20H30N2O/c1-3-21-13-18-19(14-23-4-2)20(18,15-21)16-7-9-17(10-8-16)22-11-5-6-12-22/h7-10,18-19H,3-6,11-15H2,1-2H3. The Morgan fingerprint density at radius 3 is 2.52 bits per heavy atom. The molecule has 3 aliphatic rings. The first-order valence-electron chi connectivity index (χ1n) is 9.45. The molecular formula is C20H30N2O. The molecule has 126 valence electrons. The van der Waals surface area contributed by atoms with Gasteiger partial charge in [0.25, 0.3) is 0 Å². The average Bonchev–Trinajstić information content (AvgIpc) is 3.01. The van der Waals surface area contributed by atoms with Gasteiger partial charge in [-0.2, -0.15) is 0 Å². The summed E-state index contributed by atoms with van der Waals surface area (Å²) in [7, 11) is 0. The highest BCUT2D eigenvalue weighted by Crippen LogP contribution is 2.64. The van der Waals surface area contributed by atoms with Crippen LogP contribution in [0.4, 0.5) is 5.69 Å². The van der Waals surface area contributed by atoms with Crippen molar-refractivity contribution in [3.05, 3.63) is 29.8 Å². The van der Waals surface area contributed by atoms with Crippen LogP contribution in [0.1, 0.15) is 32.3 Å². The molecule has 0 bridgehead atoms. The fourth-order valence-corrected chi connectivity index (χ4v) is 5.07. The van der Waals surface area contributed by atoms with Crippen molar-refractivity contribution in [2.75, 3.05) is 50.8 Å². The molecule has 4 rings (SSSR count). The van der Waals surface area contributed by atoms with Crippen molar-refractivity contribution < 1.29 is 4.74 Å². The Morgan fingerprint density at radius 2 is 1.87 bits per heavy atom. The number of hydrogen-bond donors (Lipinski definition) is 0. The maximum Gasteiger partial charge on any atom is 0.0506 e. The molecule has 3 atom stereocenters. The number of nitrogens with zero attached hydrogens (tertiary/aromatic N) is 2. The van der Waals surface area contributed by atoms with Crippen LogP contribution in [-0.2, 0) is 10.2 Å². The van der Waals surface area contributed by atoms with Crippen molar-refractivity contribution in [3.8, 4) is 0 Å². The first-order chi connectivity index (χ1) is 11.3. The van der Waals surface area contributed by atoms with E-state index in [2.05, 4.69) is 47.9 Å². The van der Waals surface area contributed by atoms with Gasteiger partial charge in [-0.15, -0.1) is 0 Å². The predicted octanol–water partition coefficient (Wildman–Crippen LogP) is 3.14. The largest absolute Gasteiger partial charge is 0.381 e. The maximum absolute atomic E-state index is 5.79. The fourth-order valence-electron chi connectivity index (χ4n) is 5.07. The van der Waals surface area contributed by atoms with Crippen molar-refractivity contribution in [1.82, 2.24) is 4.90 Å². The third-order valence-electron chi connectivity index (χ3n) is 6.46. The molecule has 1 saturated carbocycles.